The molecule has 4 atom stereocenters. The normalized spacial score (nSPS) is 30.6. The van der Waals surface area contributed by atoms with Crippen molar-refractivity contribution in [2.24, 2.45) is 0 Å². The Labute approximate surface area is 201 Å². The van der Waals surface area contributed by atoms with Crippen molar-refractivity contribution < 1.29 is 33.3 Å². The summed E-state index contributed by atoms with van der Waals surface area (Å²) in [6.07, 6.45) is 1.57. The van der Waals surface area contributed by atoms with Gasteiger partial charge in [-0.1, -0.05) is 30.3 Å². The molecule has 0 N–H and O–H groups in total. The van der Waals surface area contributed by atoms with Crippen LogP contribution in [0.2, 0.25) is 0 Å². The average Bonchev–Trinajstić information content (AvgIpc) is 3.28. The zero-order chi connectivity index (χ0) is 24.6. The Morgan fingerprint density at radius 1 is 1.15 bits per heavy atom. The standard InChI is InChI=1S/C26H37NO7/c1-24(2,3)34-23(29)27-19(17-32-25(27,4)5)14-26(15-21-20(33-26)12-9-13-30-21)22(28)31-16-18-10-7-6-8-11-18/h6-8,10-11,19-21H,9,12-17H2,1-5H3/t19-,20+,21+,26+/m0/s1. The van der Waals surface area contributed by atoms with Crippen molar-refractivity contribution in [3.63, 3.8) is 0 Å². The molecule has 0 unspecified atom stereocenters. The fourth-order valence-corrected chi connectivity index (χ4v) is 5.10. The van der Waals surface area contributed by atoms with Gasteiger partial charge in [0, 0.05) is 19.4 Å². The molecule has 3 heterocycles. The zero-order valence-electron chi connectivity index (χ0n) is 20.9. The van der Waals surface area contributed by atoms with Crippen molar-refractivity contribution in [1.82, 2.24) is 4.90 Å². The quantitative estimate of drug-likeness (QED) is 0.590. The first-order valence-corrected chi connectivity index (χ1v) is 12.2. The van der Waals surface area contributed by atoms with Crippen LogP contribution in [0.5, 0.6) is 0 Å². The second-order valence-corrected chi connectivity index (χ2v) is 10.9. The Hall–Kier alpha value is -2.16. The molecular weight excluding hydrogens is 438 g/mol. The fraction of sp³-hybridized carbons (Fsp3) is 0.692. The molecule has 3 fully saturated rings. The number of hydrogen-bond acceptors (Lipinski definition) is 7. The summed E-state index contributed by atoms with van der Waals surface area (Å²) in [7, 11) is 0. The lowest BCUT2D eigenvalue weighted by atomic mass is 9.89. The van der Waals surface area contributed by atoms with Crippen LogP contribution in [0.1, 0.15) is 65.9 Å². The third-order valence-electron chi connectivity index (χ3n) is 6.60. The van der Waals surface area contributed by atoms with E-state index in [1.54, 1.807) is 4.90 Å². The minimum Gasteiger partial charge on any atom is -0.459 e. The van der Waals surface area contributed by atoms with Gasteiger partial charge in [0.25, 0.3) is 0 Å². The monoisotopic (exact) mass is 475 g/mol. The first kappa shape index (κ1) is 24.9. The van der Waals surface area contributed by atoms with E-state index in [-0.39, 0.29) is 31.8 Å². The Bertz CT molecular complexity index is 865. The summed E-state index contributed by atoms with van der Waals surface area (Å²) in [4.78, 5) is 28.3. The molecule has 0 bridgehead atoms. The molecule has 4 rings (SSSR count). The van der Waals surface area contributed by atoms with Crippen LogP contribution in [0.15, 0.2) is 30.3 Å². The second kappa shape index (κ2) is 9.47. The van der Waals surface area contributed by atoms with Gasteiger partial charge in [0.05, 0.1) is 24.9 Å². The molecular formula is C26H37NO7. The van der Waals surface area contributed by atoms with Crippen molar-refractivity contribution in [3.8, 4) is 0 Å². The summed E-state index contributed by atoms with van der Waals surface area (Å²) in [6.45, 7) is 10.2. The highest BCUT2D eigenvalue weighted by Gasteiger charge is 2.58. The van der Waals surface area contributed by atoms with E-state index in [0.717, 1.165) is 18.4 Å². The van der Waals surface area contributed by atoms with Crippen LogP contribution in [-0.4, -0.2) is 65.4 Å². The first-order valence-electron chi connectivity index (χ1n) is 12.2. The molecule has 188 valence electrons. The lowest BCUT2D eigenvalue weighted by Crippen LogP contribution is -2.53. The smallest absolute Gasteiger partial charge is 0.412 e. The highest BCUT2D eigenvalue weighted by molar-refractivity contribution is 5.80. The van der Waals surface area contributed by atoms with Crippen molar-refractivity contribution >= 4 is 12.1 Å². The topological polar surface area (TPSA) is 83.5 Å². The highest BCUT2D eigenvalue weighted by atomic mass is 16.6. The van der Waals surface area contributed by atoms with Gasteiger partial charge in [-0.3, -0.25) is 4.90 Å². The number of carbonyl (C=O) groups is 2. The number of benzene rings is 1. The molecule has 8 nitrogen and oxygen atoms in total. The summed E-state index contributed by atoms with van der Waals surface area (Å²) < 4.78 is 29.8. The van der Waals surface area contributed by atoms with E-state index >= 15 is 0 Å². The maximum atomic E-state index is 13.6. The third kappa shape index (κ3) is 5.39. The maximum absolute atomic E-state index is 13.6. The van der Waals surface area contributed by atoms with Gasteiger partial charge in [0.15, 0.2) is 5.60 Å². The minimum absolute atomic E-state index is 0.156. The SMILES string of the molecule is CC(C)(C)OC(=O)N1[C@@H](C[C@]2(C(=O)OCc3ccccc3)C[C@H]3OCCC[C@H]3O2)COC1(C)C. The fourth-order valence-electron chi connectivity index (χ4n) is 5.10. The molecule has 0 radical (unpaired) electrons. The van der Waals surface area contributed by atoms with Gasteiger partial charge in [-0.25, -0.2) is 9.59 Å². The number of hydrogen-bond donors (Lipinski definition) is 0. The van der Waals surface area contributed by atoms with Crippen LogP contribution in [0.3, 0.4) is 0 Å². The zero-order valence-corrected chi connectivity index (χ0v) is 20.9. The van der Waals surface area contributed by atoms with E-state index in [0.29, 0.717) is 13.0 Å². The van der Waals surface area contributed by atoms with Crippen LogP contribution in [-0.2, 0) is 35.1 Å². The molecule has 3 saturated heterocycles. The molecule has 8 heteroatoms. The molecule has 1 amide bonds. The van der Waals surface area contributed by atoms with Gasteiger partial charge in [0.2, 0.25) is 0 Å². The van der Waals surface area contributed by atoms with Crippen molar-refractivity contribution in [2.45, 2.75) is 102 Å². The Kier molecular flexibility index (Phi) is 6.95. The van der Waals surface area contributed by atoms with E-state index in [1.807, 2.05) is 65.0 Å². The molecule has 1 aromatic carbocycles. The van der Waals surface area contributed by atoms with E-state index in [1.165, 1.54) is 0 Å². The summed E-state index contributed by atoms with van der Waals surface area (Å²) in [5.74, 6) is -0.428. The largest absolute Gasteiger partial charge is 0.459 e. The van der Waals surface area contributed by atoms with Gasteiger partial charge in [-0.15, -0.1) is 0 Å². The molecule has 34 heavy (non-hydrogen) atoms. The van der Waals surface area contributed by atoms with E-state index in [2.05, 4.69) is 0 Å². The molecule has 0 aliphatic carbocycles. The van der Waals surface area contributed by atoms with Crippen LogP contribution in [0.4, 0.5) is 4.79 Å². The lowest BCUT2D eigenvalue weighted by Gasteiger charge is -2.37. The lowest BCUT2D eigenvalue weighted by molar-refractivity contribution is -0.176. The molecule has 0 spiro atoms. The second-order valence-electron chi connectivity index (χ2n) is 10.9. The summed E-state index contributed by atoms with van der Waals surface area (Å²) in [6, 6.07) is 9.15. The molecule has 3 aliphatic rings. The predicted octanol–water partition coefficient (Wildman–Crippen LogP) is 4.20. The Morgan fingerprint density at radius 2 is 1.88 bits per heavy atom. The van der Waals surface area contributed by atoms with E-state index in [4.69, 9.17) is 23.7 Å². The number of esters is 1. The van der Waals surface area contributed by atoms with Gasteiger partial charge >= 0.3 is 12.1 Å². The molecule has 0 aromatic heterocycles. The number of rotatable bonds is 5. The van der Waals surface area contributed by atoms with Gasteiger partial charge < -0.3 is 23.7 Å². The van der Waals surface area contributed by atoms with Crippen molar-refractivity contribution in [1.29, 1.82) is 0 Å². The van der Waals surface area contributed by atoms with E-state index in [9.17, 15) is 9.59 Å². The molecule has 3 aliphatic heterocycles. The maximum Gasteiger partial charge on any atom is 0.412 e. The van der Waals surface area contributed by atoms with Crippen molar-refractivity contribution in [3.05, 3.63) is 35.9 Å². The van der Waals surface area contributed by atoms with Gasteiger partial charge in [0.1, 0.15) is 17.9 Å². The predicted molar refractivity (Wildman–Crippen MR) is 124 cm³/mol. The first-order chi connectivity index (χ1) is 16.0. The average molecular weight is 476 g/mol. The van der Waals surface area contributed by atoms with E-state index < -0.39 is 35.0 Å². The van der Waals surface area contributed by atoms with Gasteiger partial charge in [-0.05, 0) is 53.0 Å². The van der Waals surface area contributed by atoms with Gasteiger partial charge in [-0.2, -0.15) is 0 Å². The third-order valence-corrected chi connectivity index (χ3v) is 6.60. The van der Waals surface area contributed by atoms with Crippen LogP contribution < -0.4 is 0 Å². The number of nitrogens with zero attached hydrogens (tertiary/aromatic N) is 1. The van der Waals surface area contributed by atoms with Crippen LogP contribution in [0.25, 0.3) is 0 Å². The van der Waals surface area contributed by atoms with Crippen molar-refractivity contribution in [2.75, 3.05) is 13.2 Å². The Balaban J connectivity index is 1.56. The summed E-state index contributed by atoms with van der Waals surface area (Å²) >= 11 is 0. The molecule has 0 saturated carbocycles. The number of ether oxygens (including phenoxy) is 5. The number of amides is 1. The van der Waals surface area contributed by atoms with Crippen LogP contribution >= 0.6 is 0 Å². The number of carbonyl (C=O) groups excluding carboxylic acids is 2. The number of fused-ring (bicyclic) bond motifs is 1. The Morgan fingerprint density at radius 3 is 2.56 bits per heavy atom. The highest BCUT2D eigenvalue weighted by Crippen LogP contribution is 2.43. The summed E-state index contributed by atoms with van der Waals surface area (Å²) in [5, 5.41) is 0. The summed E-state index contributed by atoms with van der Waals surface area (Å²) in [5.41, 5.74) is -1.84. The van der Waals surface area contributed by atoms with Crippen LogP contribution in [0, 0.1) is 0 Å². The molecule has 1 aromatic rings. The minimum atomic E-state index is -1.22.